The minimum atomic E-state index is 0.0683. The van der Waals surface area contributed by atoms with Crippen LogP contribution in [0, 0.1) is 5.21 Å². The molecule has 0 aromatic carbocycles. The lowest BCUT2D eigenvalue weighted by Gasteiger charge is -2.09. The second kappa shape index (κ2) is 4.02. The number of nitrogens with zero attached hydrogens (tertiary/aromatic N) is 1. The second-order valence-corrected chi connectivity index (χ2v) is 3.36. The Balaban J connectivity index is 3.41. The molecule has 1 rings (SSSR count). The van der Waals surface area contributed by atoms with Gasteiger partial charge < -0.3 is 14.7 Å². The highest BCUT2D eigenvalue weighted by Gasteiger charge is 2.21. The molecule has 0 unspecified atom stereocenters. The van der Waals surface area contributed by atoms with Crippen molar-refractivity contribution in [3.8, 4) is 11.6 Å². The van der Waals surface area contributed by atoms with Gasteiger partial charge >= 0.3 is 5.88 Å². The normalized spacial score (nSPS) is 9.85. The second-order valence-electron chi connectivity index (χ2n) is 2.16. The Kier molecular flexibility index (Phi) is 3.22. The maximum Gasteiger partial charge on any atom is 0.424 e. The van der Waals surface area contributed by atoms with Gasteiger partial charge in [0.15, 0.2) is 0 Å². The lowest BCUT2D eigenvalue weighted by Crippen LogP contribution is -2.28. The maximum absolute atomic E-state index is 11.2. The lowest BCUT2D eigenvalue weighted by atomic mass is 10.4. The molecule has 1 aromatic heterocycles. The number of aromatic nitrogens is 1. The van der Waals surface area contributed by atoms with E-state index in [-0.39, 0.29) is 16.7 Å². The third-order valence-electron chi connectivity index (χ3n) is 1.43. The fourth-order valence-corrected chi connectivity index (χ4v) is 1.49. The molecule has 0 bridgehead atoms. The van der Waals surface area contributed by atoms with E-state index < -0.39 is 0 Å². The Morgan fingerprint density at radius 1 is 1.46 bits per heavy atom. The molecule has 0 spiro atoms. The summed E-state index contributed by atoms with van der Waals surface area (Å²) in [5, 5.41) is 11.5. The quantitative estimate of drug-likeness (QED) is 0.606. The lowest BCUT2D eigenvalue weighted by molar-refractivity contribution is -0.612. The van der Waals surface area contributed by atoms with Crippen molar-refractivity contribution in [2.24, 2.45) is 0 Å². The van der Waals surface area contributed by atoms with Crippen LogP contribution in [0.3, 0.4) is 0 Å². The van der Waals surface area contributed by atoms with Crippen LogP contribution in [0.1, 0.15) is 0 Å². The summed E-state index contributed by atoms with van der Waals surface area (Å²) in [5.74, 6) is 0.351. The number of methoxy groups -OCH3 is 2. The van der Waals surface area contributed by atoms with Crippen molar-refractivity contribution in [3.05, 3.63) is 20.9 Å². The van der Waals surface area contributed by atoms with Gasteiger partial charge in [-0.25, -0.2) is 0 Å². The van der Waals surface area contributed by atoms with E-state index in [1.165, 1.54) is 20.4 Å². The zero-order valence-corrected chi connectivity index (χ0v) is 9.35. The minimum Gasteiger partial charge on any atom is -0.616 e. The van der Waals surface area contributed by atoms with Gasteiger partial charge in [0, 0.05) is 0 Å². The van der Waals surface area contributed by atoms with Crippen LogP contribution in [-0.4, -0.2) is 14.2 Å². The fourth-order valence-electron chi connectivity index (χ4n) is 0.880. The summed E-state index contributed by atoms with van der Waals surface area (Å²) in [6.45, 7) is 0. The molecule has 0 saturated heterocycles. The van der Waals surface area contributed by atoms with Gasteiger partial charge in [0.25, 0.3) is 0 Å². The van der Waals surface area contributed by atoms with Gasteiger partial charge in [-0.15, -0.1) is 4.73 Å². The molecule has 1 heterocycles. The molecule has 6 heteroatoms. The first-order valence-electron chi connectivity index (χ1n) is 3.31. The minimum absolute atomic E-state index is 0.0683. The molecule has 0 amide bonds. The fraction of sp³-hybridized carbons (Fsp3) is 0.286. The number of pyridine rings is 1. The number of ether oxygens (including phenoxy) is 2. The van der Waals surface area contributed by atoms with Crippen molar-refractivity contribution >= 4 is 27.5 Å². The smallest absolute Gasteiger partial charge is 0.424 e. The summed E-state index contributed by atoms with van der Waals surface area (Å²) in [4.78, 5) is 0. The van der Waals surface area contributed by atoms with E-state index in [2.05, 4.69) is 15.9 Å². The Morgan fingerprint density at radius 3 is 2.54 bits per heavy atom. The first kappa shape index (κ1) is 10.4. The maximum atomic E-state index is 11.2. The largest absolute Gasteiger partial charge is 0.616 e. The molecule has 13 heavy (non-hydrogen) atoms. The molecule has 0 radical (unpaired) electrons. The summed E-state index contributed by atoms with van der Waals surface area (Å²) >= 11 is 8.90. The molecule has 0 aliphatic heterocycles. The molecule has 1 aromatic rings. The van der Waals surface area contributed by atoms with E-state index in [1.54, 1.807) is 0 Å². The van der Waals surface area contributed by atoms with Gasteiger partial charge in [-0.2, -0.15) is 0 Å². The van der Waals surface area contributed by atoms with Crippen LogP contribution in [0.25, 0.3) is 0 Å². The van der Waals surface area contributed by atoms with Crippen molar-refractivity contribution in [3.63, 3.8) is 0 Å². The van der Waals surface area contributed by atoms with Gasteiger partial charge in [0.2, 0.25) is 11.9 Å². The number of rotatable bonds is 2. The summed E-state index contributed by atoms with van der Waals surface area (Å²) in [5.41, 5.74) is 0. The highest BCUT2D eigenvalue weighted by molar-refractivity contribution is 9.10. The van der Waals surface area contributed by atoms with E-state index in [4.69, 9.17) is 21.1 Å². The predicted octanol–water partition coefficient (Wildman–Crippen LogP) is 1.75. The third kappa shape index (κ3) is 1.81. The highest BCUT2D eigenvalue weighted by Crippen LogP contribution is 2.36. The molecule has 72 valence electrons. The average Bonchev–Trinajstić information content (AvgIpc) is 2.10. The van der Waals surface area contributed by atoms with Crippen LogP contribution in [-0.2, 0) is 0 Å². The van der Waals surface area contributed by atoms with Crippen molar-refractivity contribution in [1.29, 1.82) is 0 Å². The molecule has 0 atom stereocenters. The van der Waals surface area contributed by atoms with Crippen molar-refractivity contribution in [2.75, 3.05) is 14.2 Å². The zero-order chi connectivity index (χ0) is 10.0. The van der Waals surface area contributed by atoms with Crippen molar-refractivity contribution in [1.82, 2.24) is 0 Å². The van der Waals surface area contributed by atoms with Gasteiger partial charge in [-0.3, -0.25) is 0 Å². The molecule has 4 nitrogen and oxygen atoms in total. The van der Waals surface area contributed by atoms with Crippen LogP contribution in [0.4, 0.5) is 0 Å². The Bertz CT molecular complexity index is 332. The summed E-state index contributed by atoms with van der Waals surface area (Å²) in [6.07, 6.45) is 1.19. The van der Waals surface area contributed by atoms with Crippen LogP contribution in [0.2, 0.25) is 5.02 Å². The Labute approximate surface area is 88.7 Å². The summed E-state index contributed by atoms with van der Waals surface area (Å²) in [7, 11) is 2.81. The molecule has 0 saturated carbocycles. The van der Waals surface area contributed by atoms with E-state index in [0.717, 1.165) is 0 Å². The monoisotopic (exact) mass is 267 g/mol. The Morgan fingerprint density at radius 2 is 2.08 bits per heavy atom. The molecule has 0 aliphatic carbocycles. The zero-order valence-electron chi connectivity index (χ0n) is 7.01. The van der Waals surface area contributed by atoms with E-state index in [1.807, 2.05) is 0 Å². The van der Waals surface area contributed by atoms with E-state index >= 15 is 0 Å². The third-order valence-corrected chi connectivity index (χ3v) is 2.73. The molecule has 0 aliphatic rings. The van der Waals surface area contributed by atoms with Gasteiger partial charge in [0.05, 0.1) is 18.7 Å². The summed E-state index contributed by atoms with van der Waals surface area (Å²) < 4.78 is 10.8. The van der Waals surface area contributed by atoms with Gasteiger partial charge in [-0.05, 0) is 15.9 Å². The van der Waals surface area contributed by atoms with Crippen LogP contribution < -0.4 is 14.2 Å². The number of halogens is 2. The Hall–Kier alpha value is -0.680. The van der Waals surface area contributed by atoms with Crippen LogP contribution in [0.15, 0.2) is 10.7 Å². The standard InChI is InChI=1S/C7H7BrClNO3/c1-12-6-5(8)4(9)3-10(11)7(6)13-2/h3H,1-2H3. The van der Waals surface area contributed by atoms with Crippen LogP contribution >= 0.6 is 27.5 Å². The first-order chi connectivity index (χ1) is 6.11. The average molecular weight is 268 g/mol. The molecular weight excluding hydrogens is 261 g/mol. The first-order valence-corrected chi connectivity index (χ1v) is 4.48. The van der Waals surface area contributed by atoms with Crippen molar-refractivity contribution < 1.29 is 14.2 Å². The van der Waals surface area contributed by atoms with Gasteiger partial charge in [0.1, 0.15) is 5.02 Å². The number of hydrogen-bond acceptors (Lipinski definition) is 3. The topological polar surface area (TPSA) is 45.4 Å². The van der Waals surface area contributed by atoms with E-state index in [9.17, 15) is 5.21 Å². The molecule has 0 fully saturated rings. The van der Waals surface area contributed by atoms with Crippen molar-refractivity contribution in [2.45, 2.75) is 0 Å². The predicted molar refractivity (Wildman–Crippen MR) is 51.2 cm³/mol. The molecule has 0 N–H and O–H groups in total. The van der Waals surface area contributed by atoms with Crippen LogP contribution in [0.5, 0.6) is 11.6 Å². The molecular formula is C7H7BrClNO3. The summed E-state index contributed by atoms with van der Waals surface area (Å²) in [6, 6.07) is 0. The van der Waals surface area contributed by atoms with E-state index in [0.29, 0.717) is 9.20 Å². The van der Waals surface area contributed by atoms with Gasteiger partial charge in [-0.1, -0.05) is 11.6 Å². The number of hydrogen-bond donors (Lipinski definition) is 0. The highest BCUT2D eigenvalue weighted by atomic mass is 79.9. The SMILES string of the molecule is COc1c(Br)c(Cl)c[n+]([O-])c1OC.